The maximum absolute atomic E-state index is 10.5. The van der Waals surface area contributed by atoms with Crippen molar-refractivity contribution in [3.8, 4) is 11.8 Å². The number of carboxylic acid groups (broad SMARTS) is 1. The van der Waals surface area contributed by atoms with E-state index < -0.39 is 5.97 Å². The van der Waals surface area contributed by atoms with Crippen LogP contribution in [0.2, 0.25) is 0 Å². The monoisotopic (exact) mass is 350 g/mol. The van der Waals surface area contributed by atoms with Crippen LogP contribution in [0.4, 0.5) is 0 Å². The highest BCUT2D eigenvalue weighted by molar-refractivity contribution is 5.66. The molecule has 0 aromatic carbocycles. The van der Waals surface area contributed by atoms with Crippen LogP contribution in [0.5, 0.6) is 0 Å². The molecule has 142 valence electrons. The SMILES string of the molecule is CC(C)C#CCCOC[C@@H]1[C@H](CCCCCCC(=O)O)[C@@H]2CC[C@H]1O2. The molecule has 0 radical (unpaired) electrons. The quantitative estimate of drug-likeness (QED) is 0.446. The Hall–Kier alpha value is -1.05. The molecule has 2 heterocycles. The van der Waals surface area contributed by atoms with Gasteiger partial charge in [-0.1, -0.05) is 33.1 Å². The van der Waals surface area contributed by atoms with Gasteiger partial charge in [-0.15, -0.1) is 11.8 Å². The Morgan fingerprint density at radius 2 is 1.88 bits per heavy atom. The molecule has 0 aromatic rings. The van der Waals surface area contributed by atoms with E-state index in [2.05, 4.69) is 25.7 Å². The molecule has 0 amide bonds. The van der Waals surface area contributed by atoms with Crippen LogP contribution in [0.15, 0.2) is 0 Å². The first-order chi connectivity index (χ1) is 12.1. The molecule has 4 heteroatoms. The number of aliphatic carboxylic acids is 1. The predicted molar refractivity (Wildman–Crippen MR) is 98.3 cm³/mol. The third kappa shape index (κ3) is 6.99. The molecule has 0 unspecified atom stereocenters. The van der Waals surface area contributed by atoms with Gasteiger partial charge in [0.25, 0.3) is 0 Å². The molecule has 2 bridgehead atoms. The van der Waals surface area contributed by atoms with Gasteiger partial charge >= 0.3 is 5.97 Å². The third-order valence-corrected chi connectivity index (χ3v) is 5.34. The normalized spacial score (nSPS) is 27.5. The molecule has 4 nitrogen and oxygen atoms in total. The first kappa shape index (κ1) is 20.3. The van der Waals surface area contributed by atoms with Crippen molar-refractivity contribution in [2.45, 2.75) is 83.8 Å². The smallest absolute Gasteiger partial charge is 0.303 e. The van der Waals surface area contributed by atoms with E-state index in [0.717, 1.165) is 38.9 Å². The van der Waals surface area contributed by atoms with Gasteiger partial charge in [0.15, 0.2) is 0 Å². The minimum Gasteiger partial charge on any atom is -0.481 e. The summed E-state index contributed by atoms with van der Waals surface area (Å²) in [5.41, 5.74) is 0. The van der Waals surface area contributed by atoms with Crippen molar-refractivity contribution in [2.75, 3.05) is 13.2 Å². The van der Waals surface area contributed by atoms with Gasteiger partial charge in [0.2, 0.25) is 0 Å². The van der Waals surface area contributed by atoms with Crippen molar-refractivity contribution >= 4 is 5.97 Å². The van der Waals surface area contributed by atoms with Crippen LogP contribution >= 0.6 is 0 Å². The summed E-state index contributed by atoms with van der Waals surface area (Å²) in [4.78, 5) is 10.5. The van der Waals surface area contributed by atoms with Gasteiger partial charge in [-0.25, -0.2) is 0 Å². The minimum atomic E-state index is -0.684. The van der Waals surface area contributed by atoms with E-state index in [1.165, 1.54) is 25.7 Å². The lowest BCUT2D eigenvalue weighted by Gasteiger charge is -2.27. The fourth-order valence-electron chi connectivity index (χ4n) is 4.13. The Bertz CT molecular complexity index is 462. The minimum absolute atomic E-state index is 0.299. The summed E-state index contributed by atoms with van der Waals surface area (Å²) in [7, 11) is 0. The Morgan fingerprint density at radius 3 is 2.60 bits per heavy atom. The number of fused-ring (bicyclic) bond motifs is 2. The summed E-state index contributed by atoms with van der Waals surface area (Å²) in [5, 5.41) is 8.67. The summed E-state index contributed by atoms with van der Waals surface area (Å²) in [6.07, 6.45) is 9.62. The Labute approximate surface area is 152 Å². The first-order valence-corrected chi connectivity index (χ1v) is 10.0. The number of hydrogen-bond acceptors (Lipinski definition) is 3. The van der Waals surface area contributed by atoms with E-state index in [1.807, 2.05) is 0 Å². The molecular weight excluding hydrogens is 316 g/mol. The summed E-state index contributed by atoms with van der Waals surface area (Å²) in [6.45, 7) is 5.73. The number of rotatable bonds is 11. The van der Waals surface area contributed by atoms with Crippen molar-refractivity contribution < 1.29 is 19.4 Å². The van der Waals surface area contributed by atoms with Crippen LogP contribution in [0.25, 0.3) is 0 Å². The fraction of sp³-hybridized carbons (Fsp3) is 0.857. The molecule has 2 rings (SSSR count). The van der Waals surface area contributed by atoms with Gasteiger partial charge in [0, 0.05) is 24.7 Å². The lowest BCUT2D eigenvalue weighted by Crippen LogP contribution is -2.31. The molecule has 1 N–H and O–H groups in total. The van der Waals surface area contributed by atoms with Gasteiger partial charge in [-0.3, -0.25) is 4.79 Å². The summed E-state index contributed by atoms with van der Waals surface area (Å²) >= 11 is 0. The first-order valence-electron chi connectivity index (χ1n) is 10.0. The van der Waals surface area contributed by atoms with Crippen molar-refractivity contribution in [3.05, 3.63) is 0 Å². The zero-order valence-electron chi connectivity index (χ0n) is 15.8. The molecule has 25 heavy (non-hydrogen) atoms. The van der Waals surface area contributed by atoms with Gasteiger partial charge in [0.05, 0.1) is 25.4 Å². The molecule has 2 saturated heterocycles. The van der Waals surface area contributed by atoms with Crippen LogP contribution in [-0.2, 0) is 14.3 Å². The van der Waals surface area contributed by atoms with E-state index in [-0.39, 0.29) is 0 Å². The van der Waals surface area contributed by atoms with E-state index in [0.29, 0.717) is 36.4 Å². The van der Waals surface area contributed by atoms with E-state index in [1.54, 1.807) is 0 Å². The molecule has 0 spiro atoms. The zero-order chi connectivity index (χ0) is 18.1. The molecule has 2 fully saturated rings. The van der Waals surface area contributed by atoms with Crippen molar-refractivity contribution in [1.29, 1.82) is 0 Å². The molecular formula is C21H34O4. The van der Waals surface area contributed by atoms with Gasteiger partial charge in [-0.2, -0.15) is 0 Å². The molecule has 2 aliphatic heterocycles. The van der Waals surface area contributed by atoms with Crippen molar-refractivity contribution in [2.24, 2.45) is 17.8 Å². The second-order valence-electron chi connectivity index (χ2n) is 7.77. The van der Waals surface area contributed by atoms with Gasteiger partial charge in [-0.05, 0) is 31.6 Å². The Kier molecular flexibility index (Phi) is 8.78. The highest BCUT2D eigenvalue weighted by Gasteiger charge is 2.48. The lowest BCUT2D eigenvalue weighted by atomic mass is 9.77. The average molecular weight is 350 g/mol. The zero-order valence-corrected chi connectivity index (χ0v) is 15.8. The summed E-state index contributed by atoms with van der Waals surface area (Å²) in [5.74, 6) is 7.25. The third-order valence-electron chi connectivity index (χ3n) is 5.34. The average Bonchev–Trinajstić information content (AvgIpc) is 3.15. The highest BCUT2D eigenvalue weighted by atomic mass is 16.5. The van der Waals surface area contributed by atoms with E-state index in [4.69, 9.17) is 14.6 Å². The predicted octanol–water partition coefficient (Wildman–Crippen LogP) is 4.27. The maximum atomic E-state index is 10.5. The lowest BCUT2D eigenvalue weighted by molar-refractivity contribution is -0.137. The Balaban J connectivity index is 1.63. The second kappa shape index (κ2) is 10.8. The second-order valence-corrected chi connectivity index (χ2v) is 7.77. The fourth-order valence-corrected chi connectivity index (χ4v) is 4.13. The van der Waals surface area contributed by atoms with Crippen LogP contribution in [0, 0.1) is 29.6 Å². The van der Waals surface area contributed by atoms with Crippen LogP contribution < -0.4 is 0 Å². The van der Waals surface area contributed by atoms with Crippen LogP contribution in [0.1, 0.15) is 71.6 Å². The number of carbonyl (C=O) groups is 1. The van der Waals surface area contributed by atoms with E-state index in [9.17, 15) is 4.79 Å². The van der Waals surface area contributed by atoms with Crippen molar-refractivity contribution in [3.63, 3.8) is 0 Å². The topological polar surface area (TPSA) is 55.8 Å². The largest absolute Gasteiger partial charge is 0.481 e. The maximum Gasteiger partial charge on any atom is 0.303 e. The number of unbranched alkanes of at least 4 members (excludes halogenated alkanes) is 3. The van der Waals surface area contributed by atoms with Crippen LogP contribution in [-0.4, -0.2) is 36.5 Å². The highest BCUT2D eigenvalue weighted by Crippen LogP contribution is 2.45. The molecule has 4 atom stereocenters. The van der Waals surface area contributed by atoms with Crippen molar-refractivity contribution in [1.82, 2.24) is 0 Å². The standard InChI is InChI=1S/C21H34O4/c1-16(2)9-7-8-14-24-15-18-17(19-12-13-20(18)25-19)10-5-3-4-6-11-21(22)23/h16-20H,3-6,8,10-15H2,1-2H3,(H,22,23)/t17-,18+,19-,20+/m0/s1. The Morgan fingerprint density at radius 1 is 1.16 bits per heavy atom. The number of hydrogen-bond donors (Lipinski definition) is 1. The molecule has 0 aliphatic carbocycles. The molecule has 0 aromatic heterocycles. The molecule has 2 aliphatic rings. The van der Waals surface area contributed by atoms with Gasteiger partial charge < -0.3 is 14.6 Å². The summed E-state index contributed by atoms with van der Waals surface area (Å²) in [6, 6.07) is 0. The number of carboxylic acids is 1. The van der Waals surface area contributed by atoms with Gasteiger partial charge in [0.1, 0.15) is 0 Å². The number of ether oxygens (including phenoxy) is 2. The summed E-state index contributed by atoms with van der Waals surface area (Å²) < 4.78 is 12.0. The van der Waals surface area contributed by atoms with Crippen LogP contribution in [0.3, 0.4) is 0 Å². The van der Waals surface area contributed by atoms with E-state index >= 15 is 0 Å². The molecule has 0 saturated carbocycles.